The van der Waals surface area contributed by atoms with Crippen molar-refractivity contribution in [1.82, 2.24) is 9.97 Å². The van der Waals surface area contributed by atoms with Gasteiger partial charge < -0.3 is 10.6 Å². The van der Waals surface area contributed by atoms with Crippen LogP contribution in [0.15, 0.2) is 54.9 Å². The van der Waals surface area contributed by atoms with Crippen molar-refractivity contribution in [3.63, 3.8) is 0 Å². The number of benzene rings is 2. The van der Waals surface area contributed by atoms with Crippen LogP contribution in [0.4, 0.5) is 21.6 Å². The zero-order valence-corrected chi connectivity index (χ0v) is 13.9. The Balaban J connectivity index is 1.70. The molecule has 1 amide bonds. The molecule has 0 aliphatic rings. The number of nitrogens with one attached hydrogen (secondary N) is 2. The van der Waals surface area contributed by atoms with Gasteiger partial charge in [-0.2, -0.15) is 0 Å². The van der Waals surface area contributed by atoms with Gasteiger partial charge in [0.1, 0.15) is 17.3 Å². The Morgan fingerprint density at radius 3 is 2.44 bits per heavy atom. The first-order valence-electron chi connectivity index (χ1n) is 7.74. The molecule has 0 aliphatic carbocycles. The lowest BCUT2D eigenvalue weighted by Crippen LogP contribution is -2.15. The lowest BCUT2D eigenvalue weighted by molar-refractivity contribution is 0.102. The van der Waals surface area contributed by atoms with Gasteiger partial charge in [0.05, 0.1) is 12.4 Å². The van der Waals surface area contributed by atoms with E-state index >= 15 is 0 Å². The minimum absolute atomic E-state index is 0.213. The Morgan fingerprint density at radius 2 is 1.76 bits per heavy atom. The summed E-state index contributed by atoms with van der Waals surface area (Å²) in [6, 6.07) is 11.7. The van der Waals surface area contributed by atoms with E-state index in [2.05, 4.69) is 20.6 Å². The summed E-state index contributed by atoms with van der Waals surface area (Å²) in [7, 11) is 0. The molecule has 25 heavy (non-hydrogen) atoms. The van der Waals surface area contributed by atoms with Crippen LogP contribution in [0.5, 0.6) is 0 Å². The van der Waals surface area contributed by atoms with E-state index in [-0.39, 0.29) is 17.4 Å². The van der Waals surface area contributed by atoms with Crippen LogP contribution in [0.3, 0.4) is 0 Å². The van der Waals surface area contributed by atoms with E-state index in [0.717, 1.165) is 16.8 Å². The number of halogens is 1. The number of carbonyl (C=O) groups excluding carboxylic acids is 1. The van der Waals surface area contributed by atoms with Crippen molar-refractivity contribution in [3.05, 3.63) is 77.5 Å². The number of anilines is 3. The number of nitrogens with zero attached hydrogens (tertiary/aromatic N) is 2. The van der Waals surface area contributed by atoms with Crippen LogP contribution in [0.1, 0.15) is 21.6 Å². The maximum Gasteiger partial charge on any atom is 0.275 e. The molecule has 0 aliphatic heterocycles. The highest BCUT2D eigenvalue weighted by Gasteiger charge is 2.10. The smallest absolute Gasteiger partial charge is 0.275 e. The highest BCUT2D eigenvalue weighted by Crippen LogP contribution is 2.18. The molecule has 0 atom stereocenters. The van der Waals surface area contributed by atoms with Crippen LogP contribution in [0.25, 0.3) is 0 Å². The van der Waals surface area contributed by atoms with Crippen LogP contribution < -0.4 is 10.6 Å². The van der Waals surface area contributed by atoms with Crippen molar-refractivity contribution < 1.29 is 9.18 Å². The van der Waals surface area contributed by atoms with Gasteiger partial charge >= 0.3 is 0 Å². The highest BCUT2D eigenvalue weighted by molar-refractivity contribution is 6.03. The fourth-order valence-electron chi connectivity index (χ4n) is 2.25. The van der Waals surface area contributed by atoms with Crippen LogP contribution >= 0.6 is 0 Å². The molecule has 0 saturated heterocycles. The number of hydrogen-bond acceptors (Lipinski definition) is 4. The van der Waals surface area contributed by atoms with E-state index in [0.29, 0.717) is 11.5 Å². The van der Waals surface area contributed by atoms with E-state index in [1.807, 2.05) is 32.0 Å². The zero-order chi connectivity index (χ0) is 17.8. The molecule has 0 fully saturated rings. The molecule has 3 rings (SSSR count). The molecule has 0 unspecified atom stereocenters. The van der Waals surface area contributed by atoms with Crippen molar-refractivity contribution >= 4 is 23.1 Å². The molecule has 6 heteroatoms. The summed E-state index contributed by atoms with van der Waals surface area (Å²) < 4.78 is 12.9. The van der Waals surface area contributed by atoms with Crippen molar-refractivity contribution in [2.75, 3.05) is 10.6 Å². The normalized spacial score (nSPS) is 10.4. The second-order valence-electron chi connectivity index (χ2n) is 5.69. The molecule has 2 aromatic carbocycles. The van der Waals surface area contributed by atoms with Crippen LogP contribution in [-0.2, 0) is 0 Å². The molecule has 1 aromatic heterocycles. The van der Waals surface area contributed by atoms with Gasteiger partial charge in [-0.3, -0.25) is 4.79 Å². The average Bonchev–Trinajstić information content (AvgIpc) is 2.61. The standard InChI is InChI=1S/C19H17FN4O/c1-12-3-4-13(2)16(9-12)24-19(25)17-10-22-18(11-21-17)23-15-7-5-14(20)6-8-15/h3-11H,1-2H3,(H,22,23)(H,24,25). The van der Waals surface area contributed by atoms with Crippen LogP contribution in [0, 0.1) is 19.7 Å². The number of hydrogen-bond donors (Lipinski definition) is 2. The minimum Gasteiger partial charge on any atom is -0.339 e. The number of rotatable bonds is 4. The Bertz CT molecular complexity index is 892. The third kappa shape index (κ3) is 4.17. The van der Waals surface area contributed by atoms with Crippen molar-refractivity contribution in [2.24, 2.45) is 0 Å². The van der Waals surface area contributed by atoms with Gasteiger partial charge in [-0.05, 0) is 55.3 Å². The second kappa shape index (κ2) is 7.09. The molecular formula is C19H17FN4O. The summed E-state index contributed by atoms with van der Waals surface area (Å²) in [4.78, 5) is 20.6. The quantitative estimate of drug-likeness (QED) is 0.748. The fraction of sp³-hybridized carbons (Fsp3) is 0.105. The highest BCUT2D eigenvalue weighted by atomic mass is 19.1. The summed E-state index contributed by atoms with van der Waals surface area (Å²) in [6.07, 6.45) is 2.85. The maximum atomic E-state index is 12.9. The third-order valence-corrected chi connectivity index (χ3v) is 3.64. The number of amides is 1. The lowest BCUT2D eigenvalue weighted by atomic mass is 10.1. The van der Waals surface area contributed by atoms with E-state index in [9.17, 15) is 9.18 Å². The molecule has 0 bridgehead atoms. The van der Waals surface area contributed by atoms with Crippen molar-refractivity contribution in [1.29, 1.82) is 0 Å². The number of aryl methyl sites for hydroxylation is 2. The van der Waals surface area contributed by atoms with Crippen LogP contribution in [0.2, 0.25) is 0 Å². The van der Waals surface area contributed by atoms with Gasteiger partial charge in [-0.25, -0.2) is 14.4 Å². The molecule has 5 nitrogen and oxygen atoms in total. The Labute approximate surface area is 145 Å². The van der Waals surface area contributed by atoms with Gasteiger partial charge in [0.15, 0.2) is 0 Å². The molecular weight excluding hydrogens is 319 g/mol. The first-order chi connectivity index (χ1) is 12.0. The number of aromatic nitrogens is 2. The van der Waals surface area contributed by atoms with E-state index in [1.54, 1.807) is 12.1 Å². The lowest BCUT2D eigenvalue weighted by Gasteiger charge is -2.09. The summed E-state index contributed by atoms with van der Waals surface area (Å²) >= 11 is 0. The predicted octanol–water partition coefficient (Wildman–Crippen LogP) is 4.23. The van der Waals surface area contributed by atoms with E-state index < -0.39 is 0 Å². The summed E-state index contributed by atoms with van der Waals surface area (Å²) in [5.74, 6) is -0.167. The molecule has 0 saturated carbocycles. The minimum atomic E-state index is -0.325. The Hall–Kier alpha value is -3.28. The Kier molecular flexibility index (Phi) is 4.70. The largest absolute Gasteiger partial charge is 0.339 e. The zero-order valence-electron chi connectivity index (χ0n) is 13.9. The first-order valence-corrected chi connectivity index (χ1v) is 7.74. The molecule has 3 aromatic rings. The molecule has 2 N–H and O–H groups in total. The van der Waals surface area contributed by atoms with E-state index in [1.165, 1.54) is 24.5 Å². The number of carbonyl (C=O) groups is 1. The van der Waals surface area contributed by atoms with Gasteiger partial charge in [0, 0.05) is 11.4 Å². The monoisotopic (exact) mass is 336 g/mol. The van der Waals surface area contributed by atoms with Gasteiger partial charge in [-0.1, -0.05) is 12.1 Å². The molecule has 0 spiro atoms. The predicted molar refractivity (Wildman–Crippen MR) is 95.6 cm³/mol. The van der Waals surface area contributed by atoms with Crippen LogP contribution in [-0.4, -0.2) is 15.9 Å². The SMILES string of the molecule is Cc1ccc(C)c(NC(=O)c2cnc(Nc3ccc(F)cc3)cn2)c1. The third-order valence-electron chi connectivity index (χ3n) is 3.64. The molecule has 0 radical (unpaired) electrons. The second-order valence-corrected chi connectivity index (χ2v) is 5.69. The van der Waals surface area contributed by atoms with E-state index in [4.69, 9.17) is 0 Å². The summed E-state index contributed by atoms with van der Waals surface area (Å²) in [6.45, 7) is 3.89. The topological polar surface area (TPSA) is 66.9 Å². The van der Waals surface area contributed by atoms with Gasteiger partial charge in [0.2, 0.25) is 0 Å². The van der Waals surface area contributed by atoms with Crippen molar-refractivity contribution in [2.45, 2.75) is 13.8 Å². The average molecular weight is 336 g/mol. The van der Waals surface area contributed by atoms with Gasteiger partial charge in [0.25, 0.3) is 5.91 Å². The molecule has 126 valence electrons. The molecule has 1 heterocycles. The fourth-order valence-corrected chi connectivity index (χ4v) is 2.25. The Morgan fingerprint density at radius 1 is 1.00 bits per heavy atom. The maximum absolute atomic E-state index is 12.9. The van der Waals surface area contributed by atoms with Crippen molar-refractivity contribution in [3.8, 4) is 0 Å². The summed E-state index contributed by atoms with van der Waals surface area (Å²) in [5, 5.41) is 5.83. The first kappa shape index (κ1) is 16.6. The van der Waals surface area contributed by atoms with Gasteiger partial charge in [-0.15, -0.1) is 0 Å². The summed E-state index contributed by atoms with van der Waals surface area (Å²) in [5.41, 5.74) is 3.68.